The number of amides is 1. The van der Waals surface area contributed by atoms with Gasteiger partial charge in [-0.25, -0.2) is 5.84 Å². The number of anilines is 3. The van der Waals surface area contributed by atoms with E-state index in [1.807, 2.05) is 51.1 Å². The fourth-order valence-corrected chi connectivity index (χ4v) is 3.78. The minimum atomic E-state index is -0.736. The van der Waals surface area contributed by atoms with E-state index in [0.717, 1.165) is 5.56 Å². The summed E-state index contributed by atoms with van der Waals surface area (Å²) in [6, 6.07) is 13.7. The number of hydrazine groups is 1. The molecular weight excluding hydrogens is 408 g/mol. The third-order valence-corrected chi connectivity index (χ3v) is 5.29. The van der Waals surface area contributed by atoms with Gasteiger partial charge in [-0.3, -0.25) is 19.4 Å². The molecule has 8 heteroatoms. The molecule has 3 aromatic rings. The van der Waals surface area contributed by atoms with Crippen molar-refractivity contribution in [2.24, 2.45) is 11.3 Å². The number of nitrogens with two attached hydrogens (primary N) is 1. The molecule has 32 heavy (non-hydrogen) atoms. The maximum absolute atomic E-state index is 12.5. The first-order valence-corrected chi connectivity index (χ1v) is 10.2. The lowest BCUT2D eigenvalue weighted by Crippen LogP contribution is -2.50. The van der Waals surface area contributed by atoms with Crippen LogP contribution < -0.4 is 27.0 Å². The van der Waals surface area contributed by atoms with Crippen molar-refractivity contribution in [2.45, 2.75) is 26.8 Å². The number of hydrogen-bond acceptors (Lipinski definition) is 7. The quantitative estimate of drug-likeness (QED) is 0.235. The fourth-order valence-electron chi connectivity index (χ4n) is 3.78. The van der Waals surface area contributed by atoms with E-state index in [1.54, 1.807) is 20.2 Å². The second-order valence-corrected chi connectivity index (χ2v) is 8.99. The van der Waals surface area contributed by atoms with E-state index in [0.29, 0.717) is 0 Å². The van der Waals surface area contributed by atoms with Crippen molar-refractivity contribution in [3.63, 3.8) is 0 Å². The summed E-state index contributed by atoms with van der Waals surface area (Å²) in [5, 5.41) is 14.7. The van der Waals surface area contributed by atoms with E-state index in [4.69, 9.17) is 5.84 Å². The van der Waals surface area contributed by atoms with Crippen LogP contribution in [0.15, 0.2) is 58.1 Å². The second kappa shape index (κ2) is 8.47. The van der Waals surface area contributed by atoms with Crippen molar-refractivity contribution in [1.82, 2.24) is 4.90 Å². The molecule has 0 heterocycles. The Labute approximate surface area is 186 Å². The van der Waals surface area contributed by atoms with Crippen molar-refractivity contribution in [3.05, 3.63) is 80.1 Å². The van der Waals surface area contributed by atoms with Gasteiger partial charge < -0.3 is 15.3 Å². The van der Waals surface area contributed by atoms with Crippen LogP contribution in [0.2, 0.25) is 0 Å². The van der Waals surface area contributed by atoms with Gasteiger partial charge in [0.15, 0.2) is 5.75 Å². The zero-order valence-electron chi connectivity index (χ0n) is 18.8. The van der Waals surface area contributed by atoms with Gasteiger partial charge in [0, 0.05) is 14.1 Å². The highest BCUT2D eigenvalue weighted by Crippen LogP contribution is 2.40. The van der Waals surface area contributed by atoms with Crippen LogP contribution in [0.1, 0.15) is 42.7 Å². The SMILES string of the molecule is CN(C)C(=O)c1cccc(Nc2c(N(N)[C@@H](c3ccccc3)C(C)(C)C)c(=O)c2=O)c1O. The van der Waals surface area contributed by atoms with Crippen LogP contribution in [-0.4, -0.2) is 30.0 Å². The maximum atomic E-state index is 12.5. The Balaban J connectivity index is 2.03. The van der Waals surface area contributed by atoms with Crippen molar-refractivity contribution < 1.29 is 9.90 Å². The molecule has 0 aliphatic carbocycles. The Morgan fingerprint density at radius 3 is 2.19 bits per heavy atom. The van der Waals surface area contributed by atoms with E-state index in [1.165, 1.54) is 22.0 Å². The maximum Gasteiger partial charge on any atom is 0.257 e. The average molecular weight is 437 g/mol. The number of nitrogens with one attached hydrogen (secondary N) is 1. The van der Waals surface area contributed by atoms with Crippen LogP contribution >= 0.6 is 0 Å². The predicted molar refractivity (Wildman–Crippen MR) is 126 cm³/mol. The highest BCUT2D eigenvalue weighted by atomic mass is 16.3. The first-order chi connectivity index (χ1) is 14.9. The van der Waals surface area contributed by atoms with Gasteiger partial charge in [0.1, 0.15) is 11.4 Å². The lowest BCUT2D eigenvalue weighted by atomic mass is 9.81. The number of aromatic hydroxyl groups is 1. The van der Waals surface area contributed by atoms with Gasteiger partial charge in [-0.05, 0) is 23.1 Å². The van der Waals surface area contributed by atoms with Gasteiger partial charge in [0.25, 0.3) is 16.8 Å². The van der Waals surface area contributed by atoms with Gasteiger partial charge >= 0.3 is 0 Å². The van der Waals surface area contributed by atoms with Gasteiger partial charge in [0.2, 0.25) is 0 Å². The standard InChI is InChI=1S/C24H28N4O4/c1-24(2,3)22(14-10-7-6-8-11-14)28(25)18-17(20(30)21(18)31)26-16-13-9-12-15(19(16)29)23(32)27(4)5/h6-13,22,26,29H,25H2,1-5H3/t22-/m0/s1. The minimum absolute atomic E-state index is 0.0209. The molecule has 8 nitrogen and oxygen atoms in total. The van der Waals surface area contributed by atoms with Crippen LogP contribution in [0.3, 0.4) is 0 Å². The Kier molecular flexibility index (Phi) is 6.09. The number of nitrogens with zero attached hydrogens (tertiary/aromatic N) is 2. The number of benzene rings is 2. The van der Waals surface area contributed by atoms with Gasteiger partial charge in [-0.15, -0.1) is 0 Å². The number of phenolic OH excluding ortho intramolecular Hbond substituents is 1. The number of para-hydroxylation sites is 1. The van der Waals surface area contributed by atoms with E-state index in [9.17, 15) is 19.5 Å². The van der Waals surface area contributed by atoms with E-state index in [2.05, 4.69) is 5.32 Å². The number of carbonyl (C=O) groups excluding carboxylic acids is 1. The molecular formula is C24H28N4O4. The average Bonchev–Trinajstić information content (AvgIpc) is 2.73. The highest BCUT2D eigenvalue weighted by molar-refractivity contribution is 5.99. The van der Waals surface area contributed by atoms with Crippen molar-refractivity contribution >= 4 is 23.0 Å². The summed E-state index contributed by atoms with van der Waals surface area (Å²) in [5.41, 5.74) is -0.709. The monoisotopic (exact) mass is 436 g/mol. The lowest BCUT2D eigenvalue weighted by Gasteiger charge is -2.39. The molecule has 3 aromatic carbocycles. The molecule has 1 atom stereocenters. The summed E-state index contributed by atoms with van der Waals surface area (Å²) in [6.45, 7) is 5.97. The Morgan fingerprint density at radius 1 is 1.00 bits per heavy atom. The molecule has 0 saturated heterocycles. The zero-order valence-corrected chi connectivity index (χ0v) is 18.8. The molecule has 3 rings (SSSR count). The molecule has 4 N–H and O–H groups in total. The summed E-state index contributed by atoms with van der Waals surface area (Å²) in [6.07, 6.45) is 0. The Morgan fingerprint density at radius 2 is 1.62 bits per heavy atom. The van der Waals surface area contributed by atoms with Crippen LogP contribution in [0.5, 0.6) is 5.75 Å². The topological polar surface area (TPSA) is 116 Å². The van der Waals surface area contributed by atoms with E-state index < -0.39 is 22.8 Å². The molecule has 0 radical (unpaired) electrons. The van der Waals surface area contributed by atoms with Crippen molar-refractivity contribution in [2.75, 3.05) is 24.4 Å². The summed E-state index contributed by atoms with van der Waals surface area (Å²) in [4.78, 5) is 38.6. The Bertz CT molecular complexity index is 1210. The number of hydrogen-bond donors (Lipinski definition) is 3. The fraction of sp³-hybridized carbons (Fsp3) is 0.292. The predicted octanol–water partition coefficient (Wildman–Crippen LogP) is 2.90. The van der Waals surface area contributed by atoms with E-state index >= 15 is 0 Å². The van der Waals surface area contributed by atoms with Gasteiger partial charge in [-0.2, -0.15) is 0 Å². The third kappa shape index (κ3) is 4.09. The lowest BCUT2D eigenvalue weighted by molar-refractivity contribution is 0.0824. The molecule has 0 aliphatic heterocycles. The van der Waals surface area contributed by atoms with Crippen LogP contribution in [0, 0.1) is 5.41 Å². The third-order valence-electron chi connectivity index (χ3n) is 5.29. The first-order valence-electron chi connectivity index (χ1n) is 10.2. The largest absolute Gasteiger partial charge is 0.505 e. The zero-order chi connectivity index (χ0) is 23.8. The molecule has 0 saturated carbocycles. The Hall–Kier alpha value is -3.65. The van der Waals surface area contributed by atoms with Crippen LogP contribution in [-0.2, 0) is 0 Å². The normalized spacial score (nSPS) is 12.4. The van der Waals surface area contributed by atoms with Crippen molar-refractivity contribution in [3.8, 4) is 5.75 Å². The molecule has 0 fully saturated rings. The summed E-state index contributed by atoms with van der Waals surface area (Å²) in [5.74, 6) is 5.72. The number of carbonyl (C=O) groups is 1. The molecule has 0 aromatic heterocycles. The molecule has 0 aliphatic rings. The first kappa shape index (κ1) is 23.0. The number of phenols is 1. The van der Waals surface area contributed by atoms with Crippen LogP contribution in [0.4, 0.5) is 17.1 Å². The van der Waals surface area contributed by atoms with Gasteiger partial charge in [0.05, 0.1) is 17.3 Å². The summed E-state index contributed by atoms with van der Waals surface area (Å²) in [7, 11) is 3.14. The minimum Gasteiger partial charge on any atom is -0.505 e. The van der Waals surface area contributed by atoms with Gasteiger partial charge in [-0.1, -0.05) is 57.2 Å². The molecule has 1 amide bonds. The van der Waals surface area contributed by atoms with E-state index in [-0.39, 0.29) is 33.8 Å². The molecule has 168 valence electrons. The molecule has 0 spiro atoms. The highest BCUT2D eigenvalue weighted by Gasteiger charge is 2.36. The van der Waals surface area contributed by atoms with Crippen LogP contribution in [0.25, 0.3) is 0 Å². The smallest absolute Gasteiger partial charge is 0.257 e. The summed E-state index contributed by atoms with van der Waals surface area (Å²) >= 11 is 0. The second-order valence-electron chi connectivity index (χ2n) is 8.99. The molecule has 0 unspecified atom stereocenters. The molecule has 0 bridgehead atoms. The number of rotatable bonds is 6. The summed E-state index contributed by atoms with van der Waals surface area (Å²) < 4.78 is 0. The van der Waals surface area contributed by atoms with Crippen molar-refractivity contribution in [1.29, 1.82) is 0 Å².